The summed E-state index contributed by atoms with van der Waals surface area (Å²) in [5.74, 6) is 0. The van der Waals surface area contributed by atoms with Gasteiger partial charge in [-0.2, -0.15) is 0 Å². The number of halogens is 5. The predicted octanol–water partition coefficient (Wildman–Crippen LogP) is 3.38. The Morgan fingerprint density at radius 1 is 1.22 bits per heavy atom. The SMILES string of the molecule is CC.FC(F)C(F)(Cl)Cl. The van der Waals surface area contributed by atoms with Crippen molar-refractivity contribution in [2.75, 3.05) is 0 Å². The van der Waals surface area contributed by atoms with Crippen molar-refractivity contribution in [2.45, 2.75) is 24.9 Å². The topological polar surface area (TPSA) is 0 Å². The summed E-state index contributed by atoms with van der Waals surface area (Å²) < 4.78 is 29.7. The van der Waals surface area contributed by atoms with E-state index >= 15 is 0 Å². The lowest BCUT2D eigenvalue weighted by molar-refractivity contribution is 0.0694. The van der Waals surface area contributed by atoms with Crippen molar-refractivity contribution in [3.8, 4) is 0 Å². The Kier molecular flexibility index (Phi) is 6.95. The minimum atomic E-state index is -3.39. The molecule has 0 nitrogen and oxygen atoms in total. The zero-order valence-corrected chi connectivity index (χ0v) is 6.48. The molecule has 0 saturated heterocycles. The summed E-state index contributed by atoms with van der Waals surface area (Å²) in [7, 11) is 0. The van der Waals surface area contributed by atoms with Crippen LogP contribution < -0.4 is 0 Å². The number of alkyl halides is 5. The van der Waals surface area contributed by atoms with Crippen LogP contribution in [0.15, 0.2) is 0 Å². The van der Waals surface area contributed by atoms with Crippen molar-refractivity contribution >= 4 is 23.2 Å². The van der Waals surface area contributed by atoms with Gasteiger partial charge in [0.25, 0.3) is 6.43 Å². The van der Waals surface area contributed by atoms with Gasteiger partial charge in [0.1, 0.15) is 0 Å². The van der Waals surface area contributed by atoms with Crippen LogP contribution in [0.5, 0.6) is 0 Å². The van der Waals surface area contributed by atoms with E-state index in [-0.39, 0.29) is 0 Å². The molecule has 0 N–H and O–H groups in total. The molecule has 0 saturated carbocycles. The molecule has 0 aromatic rings. The largest absolute Gasteiger partial charge is 0.317 e. The molecule has 0 aromatic heterocycles. The van der Waals surface area contributed by atoms with Crippen LogP contribution in [0.2, 0.25) is 0 Å². The summed E-state index contributed by atoms with van der Waals surface area (Å²) in [6.07, 6.45) is -3.34. The van der Waals surface area contributed by atoms with Crippen molar-refractivity contribution in [1.29, 1.82) is 0 Å². The van der Waals surface area contributed by atoms with Crippen LogP contribution in [-0.4, -0.2) is 11.0 Å². The molecule has 0 heterocycles. The third-order valence-electron chi connectivity index (χ3n) is 0.247. The monoisotopic (exact) mass is 182 g/mol. The van der Waals surface area contributed by atoms with E-state index < -0.39 is 11.0 Å². The van der Waals surface area contributed by atoms with E-state index in [0.717, 1.165) is 0 Å². The highest BCUT2D eigenvalue weighted by molar-refractivity contribution is 6.47. The number of hydrogen-bond donors (Lipinski definition) is 0. The van der Waals surface area contributed by atoms with Crippen molar-refractivity contribution in [3.05, 3.63) is 0 Å². The summed E-state index contributed by atoms with van der Waals surface area (Å²) in [5, 5.41) is 0. The molecule has 0 radical (unpaired) electrons. The lowest BCUT2D eigenvalue weighted by Gasteiger charge is -2.04. The second kappa shape index (κ2) is 5.18. The minimum absolute atomic E-state index is 2.00. The maximum atomic E-state index is 11.3. The van der Waals surface area contributed by atoms with E-state index in [1.54, 1.807) is 0 Å². The molecule has 0 fully saturated rings. The van der Waals surface area contributed by atoms with Gasteiger partial charge in [-0.05, 0) is 0 Å². The van der Waals surface area contributed by atoms with Crippen LogP contribution in [0.4, 0.5) is 13.2 Å². The van der Waals surface area contributed by atoms with Crippen LogP contribution in [0.25, 0.3) is 0 Å². The van der Waals surface area contributed by atoms with Gasteiger partial charge in [-0.1, -0.05) is 37.0 Å². The fourth-order valence-electron chi connectivity index (χ4n) is 0. The first kappa shape index (κ1) is 12.1. The molecule has 0 aliphatic carbocycles. The van der Waals surface area contributed by atoms with E-state index in [2.05, 4.69) is 23.2 Å². The molecule has 0 rings (SSSR count). The Bertz CT molecular complexity index is 59.3. The van der Waals surface area contributed by atoms with Gasteiger partial charge >= 0.3 is 4.59 Å². The van der Waals surface area contributed by atoms with Crippen LogP contribution in [-0.2, 0) is 0 Å². The Balaban J connectivity index is 0. The second-order valence-corrected chi connectivity index (χ2v) is 2.14. The van der Waals surface area contributed by atoms with Gasteiger partial charge in [-0.25, -0.2) is 13.2 Å². The van der Waals surface area contributed by atoms with E-state index in [0.29, 0.717) is 0 Å². The predicted molar refractivity (Wildman–Crippen MR) is 32.9 cm³/mol. The Morgan fingerprint density at radius 2 is 1.33 bits per heavy atom. The summed E-state index contributed by atoms with van der Waals surface area (Å²) in [4.78, 5) is 0. The third-order valence-corrected chi connectivity index (χ3v) is 0.577. The standard InChI is InChI=1S/C2HCl2F3.C2H6/c3-2(4,7)1(5)6;1-2/h1H;1-2H3. The summed E-state index contributed by atoms with van der Waals surface area (Å²) >= 11 is 8.43. The summed E-state index contributed by atoms with van der Waals surface area (Å²) in [5.41, 5.74) is 0. The lowest BCUT2D eigenvalue weighted by atomic mass is 10.8. The van der Waals surface area contributed by atoms with Crippen molar-refractivity contribution in [2.24, 2.45) is 0 Å². The van der Waals surface area contributed by atoms with Gasteiger partial charge in [0.2, 0.25) is 0 Å². The second-order valence-electron chi connectivity index (χ2n) is 0.842. The van der Waals surface area contributed by atoms with Gasteiger partial charge in [0, 0.05) is 0 Å². The van der Waals surface area contributed by atoms with Gasteiger partial charge in [-0.3, -0.25) is 0 Å². The Morgan fingerprint density at radius 3 is 1.33 bits per heavy atom. The van der Waals surface area contributed by atoms with Gasteiger partial charge in [-0.15, -0.1) is 0 Å². The highest BCUT2D eigenvalue weighted by Crippen LogP contribution is 2.29. The maximum absolute atomic E-state index is 11.3. The van der Waals surface area contributed by atoms with Crippen molar-refractivity contribution in [3.63, 3.8) is 0 Å². The average molecular weight is 183 g/mol. The first-order chi connectivity index (χ1) is 3.94. The molecule has 0 aliphatic heterocycles. The molecule has 0 amide bonds. The van der Waals surface area contributed by atoms with E-state index in [9.17, 15) is 13.2 Å². The normalized spacial score (nSPS) is 10.7. The first-order valence-electron chi connectivity index (χ1n) is 2.29. The van der Waals surface area contributed by atoms with Crippen LogP contribution in [0.3, 0.4) is 0 Å². The quantitative estimate of drug-likeness (QED) is 0.546. The van der Waals surface area contributed by atoms with Crippen LogP contribution in [0, 0.1) is 0 Å². The fourth-order valence-corrected chi connectivity index (χ4v) is 0. The van der Waals surface area contributed by atoms with Gasteiger partial charge in [0.05, 0.1) is 0 Å². The Hall–Kier alpha value is 0.370. The molecule has 0 bridgehead atoms. The lowest BCUT2D eigenvalue weighted by Crippen LogP contribution is -2.15. The molecule has 9 heavy (non-hydrogen) atoms. The van der Waals surface area contributed by atoms with E-state index in [1.165, 1.54) is 0 Å². The van der Waals surface area contributed by atoms with Crippen molar-refractivity contribution < 1.29 is 13.2 Å². The highest BCUT2D eigenvalue weighted by atomic mass is 35.5. The molecular weight excluding hydrogens is 176 g/mol. The minimum Gasteiger partial charge on any atom is -0.204 e. The third kappa shape index (κ3) is 8.37. The molecule has 58 valence electrons. The zero-order valence-electron chi connectivity index (χ0n) is 4.97. The molecule has 0 unspecified atom stereocenters. The van der Waals surface area contributed by atoms with Gasteiger partial charge < -0.3 is 0 Å². The molecule has 0 atom stereocenters. The van der Waals surface area contributed by atoms with Crippen molar-refractivity contribution in [1.82, 2.24) is 0 Å². The number of hydrogen-bond acceptors (Lipinski definition) is 0. The molecule has 5 heteroatoms. The molecule has 0 spiro atoms. The summed E-state index contributed by atoms with van der Waals surface area (Å²) in [6.45, 7) is 4.00. The van der Waals surface area contributed by atoms with E-state index in [1.807, 2.05) is 13.8 Å². The highest BCUT2D eigenvalue weighted by Gasteiger charge is 2.34. The molecular formula is C4H7Cl2F3. The fraction of sp³-hybridized carbons (Fsp3) is 1.00. The number of rotatable bonds is 1. The summed E-state index contributed by atoms with van der Waals surface area (Å²) in [6, 6.07) is 0. The molecule has 0 aliphatic rings. The molecule has 0 aromatic carbocycles. The van der Waals surface area contributed by atoms with Crippen LogP contribution >= 0.6 is 23.2 Å². The van der Waals surface area contributed by atoms with E-state index in [4.69, 9.17) is 0 Å². The smallest absolute Gasteiger partial charge is 0.204 e. The zero-order chi connectivity index (χ0) is 8.08. The van der Waals surface area contributed by atoms with Gasteiger partial charge in [0.15, 0.2) is 0 Å². The Labute approximate surface area is 61.9 Å². The average Bonchev–Trinajstić information content (AvgIpc) is 1.69. The maximum Gasteiger partial charge on any atom is 0.317 e. The first-order valence-corrected chi connectivity index (χ1v) is 3.05. The van der Waals surface area contributed by atoms with Crippen LogP contribution in [0.1, 0.15) is 13.8 Å².